The third kappa shape index (κ3) is 3.45. The zero-order chi connectivity index (χ0) is 27.4. The van der Waals surface area contributed by atoms with Gasteiger partial charge in [0.05, 0.1) is 27.2 Å². The van der Waals surface area contributed by atoms with Crippen molar-refractivity contribution in [1.29, 1.82) is 0 Å². The third-order valence-corrected chi connectivity index (χ3v) is 8.59. The molecule has 4 aromatic rings. The number of ether oxygens (including phenoxy) is 3. The van der Waals surface area contributed by atoms with E-state index in [4.69, 9.17) is 14.2 Å². The molecule has 0 bridgehead atoms. The highest BCUT2D eigenvalue weighted by Crippen LogP contribution is 2.70. The van der Waals surface area contributed by atoms with Gasteiger partial charge in [0.2, 0.25) is 0 Å². The summed E-state index contributed by atoms with van der Waals surface area (Å²) in [5.41, 5.74) is -0.794. The summed E-state index contributed by atoms with van der Waals surface area (Å²) in [7, 11) is 4.78. The minimum atomic E-state index is -1.90. The molecule has 0 aromatic heterocycles. The summed E-state index contributed by atoms with van der Waals surface area (Å²) in [6.07, 6.45) is 0. The Hall–Kier alpha value is -4.13. The zero-order valence-corrected chi connectivity index (χ0v) is 22.0. The highest BCUT2D eigenvalue weighted by molar-refractivity contribution is 6.05. The molecule has 2 aliphatic carbocycles. The van der Waals surface area contributed by atoms with E-state index < -0.39 is 29.0 Å². The SMILES string of the molecule is COc1ccc([C@H]2[C@H]3C(=O)c4ccccc4[C@]3(O)[C@@](O)(c3ccc(OC)cc3)[C@@H]2c2ccc(OC)cc2)cc1. The van der Waals surface area contributed by atoms with Crippen LogP contribution in [0, 0.1) is 5.92 Å². The van der Waals surface area contributed by atoms with Crippen molar-refractivity contribution in [2.75, 3.05) is 21.3 Å². The number of hydrogen-bond donors (Lipinski definition) is 2. The van der Waals surface area contributed by atoms with Crippen molar-refractivity contribution >= 4 is 5.78 Å². The highest BCUT2D eigenvalue weighted by Gasteiger charge is 2.75. The summed E-state index contributed by atoms with van der Waals surface area (Å²) in [5, 5.41) is 26.0. The molecule has 0 heterocycles. The van der Waals surface area contributed by atoms with Gasteiger partial charge in [-0.3, -0.25) is 4.79 Å². The summed E-state index contributed by atoms with van der Waals surface area (Å²) in [6, 6.07) is 29.1. The zero-order valence-electron chi connectivity index (χ0n) is 22.0. The molecule has 0 aliphatic heterocycles. The topological polar surface area (TPSA) is 85.2 Å². The molecule has 2 N–H and O–H groups in total. The lowest BCUT2D eigenvalue weighted by Crippen LogP contribution is -2.49. The molecule has 2 aliphatic rings. The fraction of sp³-hybridized carbons (Fsp3) is 0.242. The summed E-state index contributed by atoms with van der Waals surface area (Å²) in [5.74, 6) is -0.372. The monoisotopic (exact) mass is 522 g/mol. The van der Waals surface area contributed by atoms with Crippen molar-refractivity contribution in [1.82, 2.24) is 0 Å². The van der Waals surface area contributed by atoms with Crippen LogP contribution >= 0.6 is 0 Å². The van der Waals surface area contributed by atoms with Gasteiger partial charge in [0.15, 0.2) is 5.78 Å². The van der Waals surface area contributed by atoms with Crippen LogP contribution in [0.3, 0.4) is 0 Å². The first-order valence-corrected chi connectivity index (χ1v) is 12.9. The van der Waals surface area contributed by atoms with Gasteiger partial charge in [-0.25, -0.2) is 0 Å². The molecule has 0 saturated heterocycles. The fourth-order valence-corrected chi connectivity index (χ4v) is 6.83. The second-order valence-corrected chi connectivity index (χ2v) is 10.2. The molecule has 39 heavy (non-hydrogen) atoms. The van der Waals surface area contributed by atoms with Crippen molar-refractivity contribution in [3.05, 3.63) is 125 Å². The lowest BCUT2D eigenvalue weighted by molar-refractivity contribution is -0.159. The molecule has 0 unspecified atom stereocenters. The van der Waals surface area contributed by atoms with Gasteiger partial charge >= 0.3 is 0 Å². The Morgan fingerprint density at radius 2 is 1.08 bits per heavy atom. The molecule has 4 aromatic carbocycles. The fourth-order valence-electron chi connectivity index (χ4n) is 6.83. The van der Waals surface area contributed by atoms with Gasteiger partial charge in [-0.15, -0.1) is 0 Å². The number of ketones is 1. The molecule has 1 fully saturated rings. The molecule has 1 saturated carbocycles. The van der Waals surface area contributed by atoms with E-state index in [0.717, 1.165) is 11.1 Å². The van der Waals surface area contributed by atoms with E-state index >= 15 is 0 Å². The van der Waals surface area contributed by atoms with E-state index in [1.54, 1.807) is 69.9 Å². The summed E-state index contributed by atoms with van der Waals surface area (Å²) < 4.78 is 16.2. The maximum Gasteiger partial charge on any atom is 0.170 e. The van der Waals surface area contributed by atoms with Crippen LogP contribution in [0.25, 0.3) is 0 Å². The van der Waals surface area contributed by atoms with Crippen LogP contribution in [0.4, 0.5) is 0 Å². The standard InChI is InChI=1S/C33H30O6/c1-37-23-14-8-20(9-15-23)28-29(21-10-16-24(38-2)17-11-21)32(35,22-12-18-25(39-3)19-13-22)33(36)27-7-5-4-6-26(27)31(34)30(28)33/h4-19,28-30,35-36H,1-3H3/t28-,29-,30+,32-,33-/m1/s1. The van der Waals surface area contributed by atoms with Crippen LogP contribution in [0.2, 0.25) is 0 Å². The molecule has 0 amide bonds. The molecule has 198 valence electrons. The van der Waals surface area contributed by atoms with Crippen LogP contribution < -0.4 is 14.2 Å². The summed E-state index contributed by atoms with van der Waals surface area (Å²) in [6.45, 7) is 0. The number of methoxy groups -OCH3 is 3. The predicted octanol–water partition coefficient (Wildman–Crippen LogP) is 5.18. The van der Waals surface area contributed by atoms with Gasteiger partial charge in [0.25, 0.3) is 0 Å². The lowest BCUT2D eigenvalue weighted by Gasteiger charge is -2.42. The van der Waals surface area contributed by atoms with E-state index in [1.165, 1.54) is 0 Å². The van der Waals surface area contributed by atoms with Gasteiger partial charge in [0.1, 0.15) is 28.5 Å². The number of Topliss-reactive ketones (excluding diaryl/α,β-unsaturated/α-hetero) is 1. The second-order valence-electron chi connectivity index (χ2n) is 10.2. The largest absolute Gasteiger partial charge is 0.497 e. The van der Waals surface area contributed by atoms with Gasteiger partial charge in [-0.05, 0) is 58.7 Å². The molecular weight excluding hydrogens is 492 g/mol. The van der Waals surface area contributed by atoms with E-state index in [9.17, 15) is 15.0 Å². The Bertz CT molecular complexity index is 1510. The number of rotatable bonds is 6. The minimum Gasteiger partial charge on any atom is -0.497 e. The Morgan fingerprint density at radius 1 is 0.590 bits per heavy atom. The number of benzene rings is 4. The number of fused-ring (bicyclic) bond motifs is 3. The second kappa shape index (κ2) is 9.26. The number of carbonyl (C=O) groups excluding carboxylic acids is 1. The summed E-state index contributed by atoms with van der Waals surface area (Å²) >= 11 is 0. The van der Waals surface area contributed by atoms with Crippen molar-refractivity contribution < 1.29 is 29.2 Å². The number of carbonyl (C=O) groups is 1. The van der Waals surface area contributed by atoms with Gasteiger partial charge in [-0.1, -0.05) is 60.7 Å². The quantitative estimate of drug-likeness (QED) is 0.363. The number of hydrogen-bond acceptors (Lipinski definition) is 6. The van der Waals surface area contributed by atoms with Crippen LogP contribution in [-0.4, -0.2) is 37.3 Å². The van der Waals surface area contributed by atoms with E-state index in [1.807, 2.05) is 48.5 Å². The minimum absolute atomic E-state index is 0.183. The average Bonchev–Trinajstić information content (AvgIpc) is 3.36. The van der Waals surface area contributed by atoms with Crippen molar-refractivity contribution in [2.45, 2.75) is 23.0 Å². The van der Waals surface area contributed by atoms with E-state index in [2.05, 4.69) is 0 Å². The molecule has 6 nitrogen and oxygen atoms in total. The van der Waals surface area contributed by atoms with Crippen LogP contribution in [0.1, 0.15) is 44.4 Å². The Balaban J connectivity index is 1.67. The molecule has 0 spiro atoms. The Labute approximate surface area is 227 Å². The van der Waals surface area contributed by atoms with Crippen LogP contribution in [-0.2, 0) is 11.2 Å². The predicted molar refractivity (Wildman–Crippen MR) is 147 cm³/mol. The highest BCUT2D eigenvalue weighted by atomic mass is 16.5. The maximum absolute atomic E-state index is 14.2. The first kappa shape index (κ1) is 25.2. The normalized spacial score (nSPS) is 27.1. The Kier molecular flexibility index (Phi) is 5.97. The van der Waals surface area contributed by atoms with Crippen LogP contribution in [0.5, 0.6) is 17.2 Å². The maximum atomic E-state index is 14.2. The van der Waals surface area contributed by atoms with Gasteiger partial charge in [-0.2, -0.15) is 0 Å². The van der Waals surface area contributed by atoms with E-state index in [-0.39, 0.29) is 5.78 Å². The Morgan fingerprint density at radius 3 is 1.62 bits per heavy atom. The molecule has 5 atom stereocenters. The molecule has 6 rings (SSSR count). The van der Waals surface area contributed by atoms with Gasteiger partial charge in [0, 0.05) is 17.4 Å². The van der Waals surface area contributed by atoms with Gasteiger partial charge < -0.3 is 24.4 Å². The molecular formula is C33H30O6. The van der Waals surface area contributed by atoms with Crippen molar-refractivity contribution in [2.24, 2.45) is 5.92 Å². The smallest absolute Gasteiger partial charge is 0.170 e. The van der Waals surface area contributed by atoms with Crippen LogP contribution in [0.15, 0.2) is 97.1 Å². The third-order valence-electron chi connectivity index (χ3n) is 8.59. The molecule has 6 heteroatoms. The first-order chi connectivity index (χ1) is 18.9. The average molecular weight is 523 g/mol. The lowest BCUT2D eigenvalue weighted by atomic mass is 9.69. The molecule has 0 radical (unpaired) electrons. The first-order valence-electron chi connectivity index (χ1n) is 12.9. The number of aliphatic hydroxyl groups is 2. The van der Waals surface area contributed by atoms with Crippen molar-refractivity contribution in [3.63, 3.8) is 0 Å². The van der Waals surface area contributed by atoms with Crippen molar-refractivity contribution in [3.8, 4) is 17.2 Å². The van der Waals surface area contributed by atoms with E-state index in [0.29, 0.717) is 33.9 Å². The summed E-state index contributed by atoms with van der Waals surface area (Å²) in [4.78, 5) is 14.2.